The van der Waals surface area contributed by atoms with Gasteiger partial charge in [-0.2, -0.15) is 0 Å². The number of nitrogens with zero attached hydrogens (tertiary/aromatic N) is 2. The molecule has 0 aliphatic carbocycles. The summed E-state index contributed by atoms with van der Waals surface area (Å²) in [7, 11) is 0. The van der Waals surface area contributed by atoms with Gasteiger partial charge in [-0.15, -0.1) is 5.10 Å². The molecule has 0 radical (unpaired) electrons. The van der Waals surface area contributed by atoms with E-state index in [9.17, 15) is 4.39 Å². The molecule has 7 heteroatoms. The molecule has 0 saturated carbocycles. The highest BCUT2D eigenvalue weighted by molar-refractivity contribution is 9.10. The molecule has 0 atom stereocenters. The highest BCUT2D eigenvalue weighted by Gasteiger charge is 2.08. The van der Waals surface area contributed by atoms with Crippen molar-refractivity contribution in [3.8, 4) is 0 Å². The summed E-state index contributed by atoms with van der Waals surface area (Å²) in [6.07, 6.45) is 1.04. The molecule has 0 aliphatic heterocycles. The molecule has 1 aromatic carbocycles. The van der Waals surface area contributed by atoms with Crippen molar-refractivity contribution in [3.63, 3.8) is 0 Å². The summed E-state index contributed by atoms with van der Waals surface area (Å²) in [6.45, 7) is 3.49. The maximum atomic E-state index is 13.1. The Balaban J connectivity index is 2.01. The van der Waals surface area contributed by atoms with E-state index in [1.165, 1.54) is 12.1 Å². The molecule has 0 unspecified atom stereocenters. The summed E-state index contributed by atoms with van der Waals surface area (Å²) >= 11 is 3.31. The first-order valence-electron chi connectivity index (χ1n) is 5.94. The van der Waals surface area contributed by atoms with Crippen LogP contribution < -0.4 is 10.6 Å². The predicted octanol–water partition coefficient (Wildman–Crippen LogP) is 3.21. The van der Waals surface area contributed by atoms with Gasteiger partial charge in [0.05, 0.1) is 12.2 Å². The van der Waals surface area contributed by atoms with Gasteiger partial charge in [-0.3, -0.25) is 0 Å². The average Bonchev–Trinajstić information content (AvgIpc) is 2.82. The van der Waals surface area contributed by atoms with Gasteiger partial charge in [0.1, 0.15) is 5.82 Å². The molecular weight excluding hydrogens is 315 g/mol. The summed E-state index contributed by atoms with van der Waals surface area (Å²) in [5.41, 5.74) is 0.539. The Bertz CT molecular complexity index is 546. The average molecular weight is 329 g/mol. The third-order valence-corrected chi connectivity index (χ3v) is 3.03. The Kier molecular flexibility index (Phi) is 4.86. The topological polar surface area (TPSA) is 63.0 Å². The first-order chi connectivity index (χ1) is 9.19. The number of anilines is 2. The van der Waals surface area contributed by atoms with Gasteiger partial charge in [-0.05, 0) is 47.1 Å². The van der Waals surface area contributed by atoms with Crippen molar-refractivity contribution >= 4 is 27.6 Å². The fraction of sp³-hybridized carbons (Fsp3) is 0.333. The monoisotopic (exact) mass is 328 g/mol. The van der Waals surface area contributed by atoms with Gasteiger partial charge in [0.25, 0.3) is 0 Å². The zero-order chi connectivity index (χ0) is 13.7. The van der Waals surface area contributed by atoms with Crippen LogP contribution in [0, 0.1) is 5.82 Å². The van der Waals surface area contributed by atoms with Crippen molar-refractivity contribution in [1.82, 2.24) is 15.5 Å². The van der Waals surface area contributed by atoms with Crippen molar-refractivity contribution in [1.29, 1.82) is 0 Å². The van der Waals surface area contributed by atoms with Crippen LogP contribution in [0.4, 0.5) is 16.1 Å². The molecule has 0 fully saturated rings. The second-order valence-corrected chi connectivity index (χ2v) is 4.78. The molecule has 2 aromatic rings. The summed E-state index contributed by atoms with van der Waals surface area (Å²) in [4.78, 5) is 0. The summed E-state index contributed by atoms with van der Waals surface area (Å²) in [5.74, 6) is 0.151. The number of halogens is 2. The van der Waals surface area contributed by atoms with E-state index in [0.29, 0.717) is 18.1 Å². The van der Waals surface area contributed by atoms with E-state index in [2.05, 4.69) is 43.7 Å². The van der Waals surface area contributed by atoms with E-state index < -0.39 is 0 Å². The molecule has 0 amide bonds. The third kappa shape index (κ3) is 4.00. The van der Waals surface area contributed by atoms with Crippen LogP contribution in [0.2, 0.25) is 0 Å². The number of benzene rings is 1. The second kappa shape index (κ2) is 6.63. The molecule has 0 saturated heterocycles. The lowest BCUT2D eigenvalue weighted by molar-refractivity contribution is 0.479. The van der Waals surface area contributed by atoms with Crippen LogP contribution in [0.5, 0.6) is 0 Å². The van der Waals surface area contributed by atoms with Gasteiger partial charge in [0.2, 0.25) is 5.89 Å². The standard InChI is InChI=1S/C12H14BrFN4O/c1-2-5-15-7-11-17-18-12(19-11)16-10-6-8(14)3-4-9(10)13/h3-4,6,15H,2,5,7H2,1H3,(H,16,18). The molecule has 1 heterocycles. The molecule has 1 aromatic heterocycles. The second-order valence-electron chi connectivity index (χ2n) is 3.93. The molecule has 2 rings (SSSR count). The number of rotatable bonds is 6. The lowest BCUT2D eigenvalue weighted by Gasteiger charge is -2.03. The smallest absolute Gasteiger partial charge is 0.320 e. The normalized spacial score (nSPS) is 10.7. The van der Waals surface area contributed by atoms with E-state index in [4.69, 9.17) is 4.42 Å². The highest BCUT2D eigenvalue weighted by atomic mass is 79.9. The van der Waals surface area contributed by atoms with Crippen molar-refractivity contribution in [2.24, 2.45) is 0 Å². The molecule has 5 nitrogen and oxygen atoms in total. The Morgan fingerprint density at radius 1 is 1.37 bits per heavy atom. The van der Waals surface area contributed by atoms with Gasteiger partial charge in [0.15, 0.2) is 0 Å². The summed E-state index contributed by atoms with van der Waals surface area (Å²) in [6, 6.07) is 4.56. The lowest BCUT2D eigenvalue weighted by Crippen LogP contribution is -2.13. The van der Waals surface area contributed by atoms with Gasteiger partial charge >= 0.3 is 6.01 Å². The Hall–Kier alpha value is -1.47. The number of hydrogen-bond donors (Lipinski definition) is 2. The van der Waals surface area contributed by atoms with E-state index in [0.717, 1.165) is 17.4 Å². The molecule has 0 aliphatic rings. The molecule has 2 N–H and O–H groups in total. The van der Waals surface area contributed by atoms with Crippen LogP contribution in [0.25, 0.3) is 0 Å². The maximum Gasteiger partial charge on any atom is 0.320 e. The lowest BCUT2D eigenvalue weighted by atomic mass is 10.3. The van der Waals surface area contributed by atoms with Crippen LogP contribution in [-0.4, -0.2) is 16.7 Å². The van der Waals surface area contributed by atoms with Gasteiger partial charge in [-0.1, -0.05) is 12.0 Å². The molecular formula is C12H14BrFN4O. The quantitative estimate of drug-likeness (QED) is 0.797. The summed E-state index contributed by atoms with van der Waals surface area (Å²) < 4.78 is 19.2. The molecule has 0 bridgehead atoms. The van der Waals surface area contributed by atoms with Crippen molar-refractivity contribution in [3.05, 3.63) is 34.4 Å². The Labute approximate surface area is 118 Å². The van der Waals surface area contributed by atoms with Crippen molar-refractivity contribution < 1.29 is 8.81 Å². The van der Waals surface area contributed by atoms with Crippen LogP contribution >= 0.6 is 15.9 Å². The van der Waals surface area contributed by atoms with Gasteiger partial charge < -0.3 is 15.1 Å². The maximum absolute atomic E-state index is 13.1. The number of hydrogen-bond acceptors (Lipinski definition) is 5. The highest BCUT2D eigenvalue weighted by Crippen LogP contribution is 2.25. The fourth-order valence-electron chi connectivity index (χ4n) is 1.46. The summed E-state index contributed by atoms with van der Waals surface area (Å²) in [5, 5.41) is 13.8. The molecule has 0 spiro atoms. The Morgan fingerprint density at radius 2 is 2.21 bits per heavy atom. The zero-order valence-electron chi connectivity index (χ0n) is 10.4. The number of aromatic nitrogens is 2. The van der Waals surface area contributed by atoms with E-state index >= 15 is 0 Å². The largest absolute Gasteiger partial charge is 0.406 e. The van der Waals surface area contributed by atoms with Crippen LogP contribution in [0.15, 0.2) is 27.1 Å². The van der Waals surface area contributed by atoms with E-state index in [-0.39, 0.29) is 11.8 Å². The first-order valence-corrected chi connectivity index (χ1v) is 6.73. The minimum absolute atomic E-state index is 0.236. The van der Waals surface area contributed by atoms with E-state index in [1.54, 1.807) is 6.07 Å². The minimum Gasteiger partial charge on any atom is -0.406 e. The van der Waals surface area contributed by atoms with Crippen molar-refractivity contribution in [2.75, 3.05) is 11.9 Å². The third-order valence-electron chi connectivity index (χ3n) is 2.34. The Morgan fingerprint density at radius 3 is 3.00 bits per heavy atom. The first kappa shape index (κ1) is 14.0. The van der Waals surface area contributed by atoms with E-state index in [1.807, 2.05) is 0 Å². The van der Waals surface area contributed by atoms with Crippen LogP contribution in [-0.2, 0) is 6.54 Å². The SMILES string of the molecule is CCCNCc1nnc(Nc2cc(F)ccc2Br)o1. The van der Waals surface area contributed by atoms with Crippen LogP contribution in [0.1, 0.15) is 19.2 Å². The zero-order valence-corrected chi connectivity index (χ0v) is 12.0. The van der Waals surface area contributed by atoms with Crippen LogP contribution in [0.3, 0.4) is 0 Å². The molecule has 19 heavy (non-hydrogen) atoms. The number of nitrogens with one attached hydrogen (secondary N) is 2. The van der Waals surface area contributed by atoms with Crippen molar-refractivity contribution in [2.45, 2.75) is 19.9 Å². The minimum atomic E-state index is -0.338. The molecule has 102 valence electrons. The fourth-order valence-corrected chi connectivity index (χ4v) is 1.80. The van der Waals surface area contributed by atoms with Gasteiger partial charge in [0, 0.05) is 4.47 Å². The van der Waals surface area contributed by atoms with Gasteiger partial charge in [-0.25, -0.2) is 4.39 Å². The predicted molar refractivity (Wildman–Crippen MR) is 73.7 cm³/mol.